The molecule has 0 N–H and O–H groups in total. The minimum absolute atomic E-state index is 0.262. The summed E-state index contributed by atoms with van der Waals surface area (Å²) in [6.45, 7) is 4.24. The largest absolute Gasteiger partial charge is 0.311 e. The van der Waals surface area contributed by atoms with E-state index in [9.17, 15) is 0 Å². The quantitative estimate of drug-likeness (QED) is 0.555. The molecule has 0 amide bonds. The molecule has 0 spiro atoms. The van der Waals surface area contributed by atoms with Gasteiger partial charge >= 0.3 is 6.07 Å². The Morgan fingerprint density at radius 1 is 0.815 bits per heavy atom. The average Bonchev–Trinajstić information content (AvgIpc) is 2.69. The molecule has 1 aliphatic rings. The maximum atomic E-state index is 4.14. The van der Waals surface area contributed by atoms with E-state index in [0.717, 1.165) is 22.3 Å². The van der Waals surface area contributed by atoms with E-state index in [1.165, 1.54) is 37.7 Å². The maximum absolute atomic E-state index is 4.14. The monoisotopic (exact) mass is 352 g/mol. The fourth-order valence-corrected chi connectivity index (χ4v) is 3.83. The van der Waals surface area contributed by atoms with Crippen LogP contribution in [0, 0.1) is 29.8 Å². The SMILES string of the molecule is CC#Cc1ccccc1C#Cc1ccc(C2(C)CCCCC2)cc1C#[N+]C. The first kappa shape index (κ1) is 18.8. The van der Waals surface area contributed by atoms with E-state index in [2.05, 4.69) is 59.7 Å². The Hall–Kier alpha value is -2.95. The number of nitrogens with zero attached hydrogens (tertiary/aromatic N) is 1. The zero-order valence-electron chi connectivity index (χ0n) is 16.5. The normalized spacial score (nSPS) is 14.6. The highest BCUT2D eigenvalue weighted by Gasteiger charge is 2.29. The van der Waals surface area contributed by atoms with Gasteiger partial charge in [-0.2, -0.15) is 0 Å². The van der Waals surface area contributed by atoms with E-state index in [1.807, 2.05) is 31.2 Å². The van der Waals surface area contributed by atoms with Gasteiger partial charge in [0.15, 0.2) is 0 Å². The van der Waals surface area contributed by atoms with Crippen LogP contribution < -0.4 is 0 Å². The lowest BCUT2D eigenvalue weighted by Crippen LogP contribution is -2.25. The highest BCUT2D eigenvalue weighted by molar-refractivity contribution is 5.56. The van der Waals surface area contributed by atoms with Crippen molar-refractivity contribution < 1.29 is 0 Å². The summed E-state index contributed by atoms with van der Waals surface area (Å²) in [5, 5.41) is 0. The third-order valence-electron chi connectivity index (χ3n) is 5.42. The molecule has 0 aromatic heterocycles. The van der Waals surface area contributed by atoms with Gasteiger partial charge in [0, 0.05) is 16.7 Å². The number of hydrogen-bond acceptors (Lipinski definition) is 0. The summed E-state index contributed by atoms with van der Waals surface area (Å²) in [7, 11) is 1.76. The van der Waals surface area contributed by atoms with E-state index < -0.39 is 0 Å². The molecular formula is C26H26N+. The molecule has 1 nitrogen and oxygen atoms in total. The van der Waals surface area contributed by atoms with Crippen LogP contribution in [0.4, 0.5) is 0 Å². The van der Waals surface area contributed by atoms with Crippen molar-refractivity contribution in [3.8, 4) is 29.8 Å². The lowest BCUT2D eigenvalue weighted by Gasteiger charge is -2.34. The summed E-state index contributed by atoms with van der Waals surface area (Å²) >= 11 is 0. The second-order valence-electron chi connectivity index (χ2n) is 7.39. The Morgan fingerprint density at radius 3 is 2.07 bits per heavy atom. The van der Waals surface area contributed by atoms with Gasteiger partial charge in [-0.25, -0.2) is 0 Å². The minimum atomic E-state index is 0.262. The van der Waals surface area contributed by atoms with E-state index >= 15 is 0 Å². The number of benzene rings is 2. The lowest BCUT2D eigenvalue weighted by atomic mass is 9.70. The van der Waals surface area contributed by atoms with Crippen molar-refractivity contribution in [1.82, 2.24) is 0 Å². The molecular weight excluding hydrogens is 326 g/mol. The first-order valence-electron chi connectivity index (χ1n) is 9.69. The van der Waals surface area contributed by atoms with Gasteiger partial charge in [-0.05, 0) is 55.0 Å². The topological polar surface area (TPSA) is 4.36 Å². The number of hydrogen-bond donors (Lipinski definition) is 0. The van der Waals surface area contributed by atoms with Gasteiger partial charge in [0.2, 0.25) is 0 Å². The average molecular weight is 353 g/mol. The first-order valence-corrected chi connectivity index (χ1v) is 9.69. The molecule has 1 heteroatoms. The molecule has 1 aliphatic carbocycles. The zero-order chi connectivity index (χ0) is 19.1. The molecule has 134 valence electrons. The Kier molecular flexibility index (Phi) is 6.01. The summed E-state index contributed by atoms with van der Waals surface area (Å²) in [5.74, 6) is 12.7. The Bertz CT molecular complexity index is 1000. The van der Waals surface area contributed by atoms with Crippen LogP contribution in [-0.4, -0.2) is 7.05 Å². The molecule has 0 bridgehead atoms. The van der Waals surface area contributed by atoms with Crippen molar-refractivity contribution in [2.75, 3.05) is 7.05 Å². The smallest absolute Gasteiger partial charge is 0.101 e. The van der Waals surface area contributed by atoms with Gasteiger partial charge < -0.3 is 0 Å². The van der Waals surface area contributed by atoms with Gasteiger partial charge in [-0.1, -0.05) is 67.0 Å². The zero-order valence-corrected chi connectivity index (χ0v) is 16.5. The Morgan fingerprint density at radius 2 is 1.44 bits per heavy atom. The molecule has 0 atom stereocenters. The van der Waals surface area contributed by atoms with Crippen LogP contribution in [0.25, 0.3) is 4.85 Å². The van der Waals surface area contributed by atoms with Crippen LogP contribution in [0.15, 0.2) is 42.5 Å². The predicted molar refractivity (Wildman–Crippen MR) is 114 cm³/mol. The molecule has 0 heterocycles. The van der Waals surface area contributed by atoms with Crippen LogP contribution in [-0.2, 0) is 5.41 Å². The van der Waals surface area contributed by atoms with Crippen molar-refractivity contribution in [2.24, 2.45) is 0 Å². The molecule has 0 aliphatic heterocycles. The van der Waals surface area contributed by atoms with Gasteiger partial charge in [-0.3, -0.25) is 0 Å². The summed E-state index contributed by atoms with van der Waals surface area (Å²) < 4.78 is 0. The van der Waals surface area contributed by atoms with E-state index in [1.54, 1.807) is 7.05 Å². The Balaban J connectivity index is 2.00. The van der Waals surface area contributed by atoms with Crippen LogP contribution in [0.2, 0.25) is 0 Å². The first-order chi connectivity index (χ1) is 13.2. The van der Waals surface area contributed by atoms with Crippen LogP contribution in [0.5, 0.6) is 0 Å². The van der Waals surface area contributed by atoms with E-state index in [-0.39, 0.29) is 5.41 Å². The highest BCUT2D eigenvalue weighted by Crippen LogP contribution is 2.39. The van der Waals surface area contributed by atoms with Gasteiger partial charge in [0.1, 0.15) is 5.56 Å². The predicted octanol–water partition coefficient (Wildman–Crippen LogP) is 5.99. The molecule has 2 aromatic rings. The van der Waals surface area contributed by atoms with Crippen LogP contribution in [0.3, 0.4) is 0 Å². The number of rotatable bonds is 1. The van der Waals surface area contributed by atoms with E-state index in [0.29, 0.717) is 0 Å². The van der Waals surface area contributed by atoms with Gasteiger partial charge in [0.05, 0.1) is 0 Å². The van der Waals surface area contributed by atoms with Crippen molar-refractivity contribution in [3.05, 3.63) is 75.1 Å². The molecule has 0 saturated heterocycles. The summed E-state index contributed by atoms with van der Waals surface area (Å²) in [6.07, 6.45) is 6.49. The van der Waals surface area contributed by atoms with Crippen LogP contribution >= 0.6 is 0 Å². The van der Waals surface area contributed by atoms with E-state index in [4.69, 9.17) is 0 Å². The maximum Gasteiger partial charge on any atom is 0.311 e. The Labute approximate surface area is 163 Å². The standard InChI is InChI=1S/C26H26N/c1-4-10-21-11-6-7-12-22(21)13-14-23-15-16-25(19-24(23)20-27-3)26(2)17-8-5-9-18-26/h6-7,11-12,15-16,19H,5,8-9,17-18H2,1-3H3/q+1. The molecule has 3 rings (SSSR count). The third kappa shape index (κ3) is 4.42. The fourth-order valence-electron chi connectivity index (χ4n) is 3.83. The molecule has 2 aromatic carbocycles. The summed E-state index contributed by atoms with van der Waals surface area (Å²) in [4.78, 5) is 4.14. The van der Waals surface area contributed by atoms with Gasteiger partial charge in [0.25, 0.3) is 7.05 Å². The molecule has 1 fully saturated rings. The summed E-state index contributed by atoms with van der Waals surface area (Å²) in [5.41, 5.74) is 5.51. The highest BCUT2D eigenvalue weighted by atomic mass is 14.6. The second-order valence-corrected chi connectivity index (χ2v) is 7.39. The summed E-state index contributed by atoms with van der Waals surface area (Å²) in [6, 6.07) is 17.8. The van der Waals surface area contributed by atoms with Crippen molar-refractivity contribution in [1.29, 1.82) is 0 Å². The molecule has 1 saturated carbocycles. The second kappa shape index (κ2) is 8.62. The third-order valence-corrected chi connectivity index (χ3v) is 5.42. The van der Waals surface area contributed by atoms with Crippen LogP contribution in [0.1, 0.15) is 73.8 Å². The molecule has 0 radical (unpaired) electrons. The molecule has 27 heavy (non-hydrogen) atoms. The van der Waals surface area contributed by atoms with Gasteiger partial charge in [-0.15, -0.1) is 5.92 Å². The van der Waals surface area contributed by atoms with Crippen molar-refractivity contribution in [3.63, 3.8) is 0 Å². The minimum Gasteiger partial charge on any atom is -0.101 e. The van der Waals surface area contributed by atoms with Crippen molar-refractivity contribution >= 4 is 0 Å². The fraction of sp³-hybridized carbons (Fsp3) is 0.346. The molecule has 0 unspecified atom stereocenters. The lowest BCUT2D eigenvalue weighted by molar-refractivity contribution is 0.319. The van der Waals surface area contributed by atoms with Crippen molar-refractivity contribution in [2.45, 2.75) is 51.4 Å².